The molecular formula is C23H30N2O5S. The fourth-order valence-corrected chi connectivity index (χ4v) is 5.23. The Morgan fingerprint density at radius 3 is 2.39 bits per heavy atom. The molecule has 2 aromatic carbocycles. The number of nitrogens with one attached hydrogen (secondary N) is 1. The molecule has 0 saturated carbocycles. The molecule has 7 nitrogen and oxygen atoms in total. The molecule has 0 aromatic heterocycles. The molecule has 0 bridgehead atoms. The van der Waals surface area contributed by atoms with Gasteiger partial charge in [0.1, 0.15) is 11.5 Å². The molecule has 1 heterocycles. The van der Waals surface area contributed by atoms with Crippen LogP contribution in [-0.4, -0.2) is 45.4 Å². The second kappa shape index (κ2) is 10.2. The minimum Gasteiger partial charge on any atom is -0.497 e. The van der Waals surface area contributed by atoms with E-state index in [9.17, 15) is 13.2 Å². The Kier molecular flexibility index (Phi) is 7.56. The van der Waals surface area contributed by atoms with Gasteiger partial charge in [0.15, 0.2) is 0 Å². The van der Waals surface area contributed by atoms with Crippen LogP contribution in [0, 0.1) is 5.92 Å². The standard InChI is InChI=1S/C23H30N2O5S/c1-4-30-21-9-7-18(8-10-21)17(2)24-23(26)19-6-5-15-25(16-19)31(27,28)22-13-11-20(29-3)12-14-22/h7-14,17,19H,4-6,15-16H2,1-3H3,(H,24,26)/t17-,19-/m1/s1. The Balaban J connectivity index is 1.64. The van der Waals surface area contributed by atoms with Crippen molar-refractivity contribution in [2.45, 2.75) is 37.6 Å². The number of sulfonamides is 1. The van der Waals surface area contributed by atoms with Crippen LogP contribution in [0.15, 0.2) is 53.4 Å². The van der Waals surface area contributed by atoms with E-state index in [2.05, 4.69) is 5.32 Å². The highest BCUT2D eigenvalue weighted by Gasteiger charge is 2.33. The molecule has 0 radical (unpaired) electrons. The molecule has 0 aliphatic carbocycles. The van der Waals surface area contributed by atoms with Gasteiger partial charge in [-0.1, -0.05) is 12.1 Å². The fourth-order valence-electron chi connectivity index (χ4n) is 3.71. The number of nitrogens with zero attached hydrogens (tertiary/aromatic N) is 1. The molecule has 1 aliphatic rings. The van der Waals surface area contributed by atoms with E-state index in [1.54, 1.807) is 12.1 Å². The first kappa shape index (κ1) is 23.1. The summed E-state index contributed by atoms with van der Waals surface area (Å²) in [5.74, 6) is 0.873. The number of amides is 1. The van der Waals surface area contributed by atoms with E-state index in [0.29, 0.717) is 31.7 Å². The van der Waals surface area contributed by atoms with Crippen molar-refractivity contribution < 1.29 is 22.7 Å². The molecule has 168 valence electrons. The molecule has 31 heavy (non-hydrogen) atoms. The number of hydrogen-bond donors (Lipinski definition) is 1. The third kappa shape index (κ3) is 5.57. The SMILES string of the molecule is CCOc1ccc([C@@H](C)NC(=O)[C@@H]2CCCN(S(=O)(=O)c3ccc(OC)cc3)C2)cc1. The Morgan fingerprint density at radius 1 is 1.13 bits per heavy atom. The molecule has 0 spiro atoms. The van der Waals surface area contributed by atoms with Gasteiger partial charge in [-0.15, -0.1) is 0 Å². The van der Waals surface area contributed by atoms with Gasteiger partial charge in [-0.3, -0.25) is 4.79 Å². The Labute approximate surface area is 184 Å². The van der Waals surface area contributed by atoms with Crippen LogP contribution < -0.4 is 14.8 Å². The van der Waals surface area contributed by atoms with Crippen LogP contribution in [0.2, 0.25) is 0 Å². The highest BCUT2D eigenvalue weighted by atomic mass is 32.2. The fraction of sp³-hybridized carbons (Fsp3) is 0.435. The summed E-state index contributed by atoms with van der Waals surface area (Å²) < 4.78 is 38.0. The lowest BCUT2D eigenvalue weighted by atomic mass is 9.98. The summed E-state index contributed by atoms with van der Waals surface area (Å²) in [6, 6.07) is 13.7. The van der Waals surface area contributed by atoms with Crippen molar-refractivity contribution in [2.24, 2.45) is 5.92 Å². The number of rotatable bonds is 8. The minimum absolute atomic E-state index is 0.129. The van der Waals surface area contributed by atoms with Crippen molar-refractivity contribution in [3.8, 4) is 11.5 Å². The third-order valence-corrected chi connectivity index (χ3v) is 7.38. The van der Waals surface area contributed by atoms with Gasteiger partial charge in [0.05, 0.1) is 30.6 Å². The smallest absolute Gasteiger partial charge is 0.243 e. The van der Waals surface area contributed by atoms with Crippen molar-refractivity contribution in [3.05, 3.63) is 54.1 Å². The van der Waals surface area contributed by atoms with E-state index in [4.69, 9.17) is 9.47 Å². The van der Waals surface area contributed by atoms with Gasteiger partial charge in [0.2, 0.25) is 15.9 Å². The minimum atomic E-state index is -3.66. The summed E-state index contributed by atoms with van der Waals surface area (Å²) in [6.45, 7) is 5.04. The summed E-state index contributed by atoms with van der Waals surface area (Å²) in [7, 11) is -2.13. The van der Waals surface area contributed by atoms with Crippen molar-refractivity contribution >= 4 is 15.9 Å². The number of methoxy groups -OCH3 is 1. The predicted octanol–water partition coefficient (Wildman–Crippen LogP) is 3.37. The Hall–Kier alpha value is -2.58. The lowest BCUT2D eigenvalue weighted by Gasteiger charge is -2.32. The van der Waals surface area contributed by atoms with Gasteiger partial charge in [-0.05, 0) is 68.7 Å². The zero-order valence-corrected chi connectivity index (χ0v) is 19.0. The molecule has 2 aromatic rings. The molecule has 2 atom stereocenters. The van der Waals surface area contributed by atoms with Crippen LogP contribution in [0.25, 0.3) is 0 Å². The van der Waals surface area contributed by atoms with Crippen LogP contribution in [-0.2, 0) is 14.8 Å². The quantitative estimate of drug-likeness (QED) is 0.672. The van der Waals surface area contributed by atoms with Crippen molar-refractivity contribution in [1.82, 2.24) is 9.62 Å². The molecule has 1 N–H and O–H groups in total. The number of carbonyl (C=O) groups is 1. The monoisotopic (exact) mass is 446 g/mol. The van der Waals surface area contributed by atoms with Gasteiger partial charge in [0, 0.05) is 13.1 Å². The molecule has 8 heteroatoms. The Morgan fingerprint density at radius 2 is 1.77 bits per heavy atom. The van der Waals surface area contributed by atoms with Gasteiger partial charge >= 0.3 is 0 Å². The maximum atomic E-state index is 13.0. The zero-order valence-electron chi connectivity index (χ0n) is 18.2. The van der Waals surface area contributed by atoms with E-state index in [1.807, 2.05) is 38.1 Å². The molecule has 3 rings (SSSR count). The number of benzene rings is 2. The first-order valence-electron chi connectivity index (χ1n) is 10.5. The number of carbonyl (C=O) groups excluding carboxylic acids is 1. The van der Waals surface area contributed by atoms with E-state index < -0.39 is 10.0 Å². The molecular weight excluding hydrogens is 416 g/mol. The maximum absolute atomic E-state index is 13.0. The normalized spacial score (nSPS) is 18.2. The highest BCUT2D eigenvalue weighted by Crippen LogP contribution is 2.26. The van der Waals surface area contributed by atoms with Gasteiger partial charge in [0.25, 0.3) is 0 Å². The van der Waals surface area contributed by atoms with Crippen molar-refractivity contribution in [3.63, 3.8) is 0 Å². The summed E-state index contributed by atoms with van der Waals surface area (Å²) in [5.41, 5.74) is 0.968. The zero-order chi connectivity index (χ0) is 22.4. The Bertz CT molecular complexity index is 974. The summed E-state index contributed by atoms with van der Waals surface area (Å²) in [5, 5.41) is 3.03. The molecule has 0 unspecified atom stereocenters. The lowest BCUT2D eigenvalue weighted by Crippen LogP contribution is -2.45. The topological polar surface area (TPSA) is 84.9 Å². The average molecular weight is 447 g/mol. The first-order chi connectivity index (χ1) is 14.8. The molecule has 1 amide bonds. The van der Waals surface area contributed by atoms with Crippen LogP contribution in [0.1, 0.15) is 38.3 Å². The summed E-state index contributed by atoms with van der Waals surface area (Å²) in [4.78, 5) is 13.1. The maximum Gasteiger partial charge on any atom is 0.243 e. The van der Waals surface area contributed by atoms with Gasteiger partial charge < -0.3 is 14.8 Å². The average Bonchev–Trinajstić information content (AvgIpc) is 2.79. The third-order valence-electron chi connectivity index (χ3n) is 5.50. The second-order valence-corrected chi connectivity index (χ2v) is 9.55. The predicted molar refractivity (Wildman–Crippen MR) is 119 cm³/mol. The largest absolute Gasteiger partial charge is 0.497 e. The lowest BCUT2D eigenvalue weighted by molar-refractivity contribution is -0.126. The summed E-state index contributed by atoms with van der Waals surface area (Å²) in [6.07, 6.45) is 1.31. The van der Waals surface area contributed by atoms with E-state index in [1.165, 1.54) is 23.5 Å². The van der Waals surface area contributed by atoms with E-state index >= 15 is 0 Å². The van der Waals surface area contributed by atoms with Crippen LogP contribution in [0.5, 0.6) is 11.5 Å². The van der Waals surface area contributed by atoms with E-state index in [0.717, 1.165) is 11.3 Å². The van der Waals surface area contributed by atoms with Gasteiger partial charge in [-0.25, -0.2) is 8.42 Å². The van der Waals surface area contributed by atoms with Crippen LogP contribution >= 0.6 is 0 Å². The number of hydrogen-bond acceptors (Lipinski definition) is 5. The highest BCUT2D eigenvalue weighted by molar-refractivity contribution is 7.89. The van der Waals surface area contributed by atoms with Crippen LogP contribution in [0.4, 0.5) is 0 Å². The summed E-state index contributed by atoms with van der Waals surface area (Å²) >= 11 is 0. The van der Waals surface area contributed by atoms with E-state index in [-0.39, 0.29) is 29.3 Å². The first-order valence-corrected chi connectivity index (χ1v) is 12.0. The van der Waals surface area contributed by atoms with Crippen molar-refractivity contribution in [2.75, 3.05) is 26.8 Å². The van der Waals surface area contributed by atoms with Gasteiger partial charge in [-0.2, -0.15) is 4.31 Å². The number of piperidine rings is 1. The molecule has 1 aliphatic heterocycles. The second-order valence-electron chi connectivity index (χ2n) is 7.61. The molecule has 1 fully saturated rings. The van der Waals surface area contributed by atoms with Crippen LogP contribution in [0.3, 0.4) is 0 Å². The molecule has 1 saturated heterocycles. The van der Waals surface area contributed by atoms with Crippen molar-refractivity contribution in [1.29, 1.82) is 0 Å². The number of ether oxygens (including phenoxy) is 2.